The average Bonchev–Trinajstić information content (AvgIpc) is 3.41. The van der Waals surface area contributed by atoms with Gasteiger partial charge in [-0.2, -0.15) is 13.2 Å². The Balaban J connectivity index is 1.44. The lowest BCUT2D eigenvalue weighted by Crippen LogP contribution is -2.32. The van der Waals surface area contributed by atoms with Gasteiger partial charge in [0.05, 0.1) is 22.2 Å². The normalized spacial score (nSPS) is 20.2. The zero-order valence-corrected chi connectivity index (χ0v) is 24.6. The lowest BCUT2D eigenvalue weighted by atomic mass is 9.82. The van der Waals surface area contributed by atoms with Gasteiger partial charge in [0.25, 0.3) is 0 Å². The zero-order chi connectivity index (χ0) is 29.1. The highest BCUT2D eigenvalue weighted by Gasteiger charge is 2.57. The van der Waals surface area contributed by atoms with E-state index in [1.54, 1.807) is 36.4 Å². The van der Waals surface area contributed by atoms with Crippen LogP contribution in [0.5, 0.6) is 5.75 Å². The van der Waals surface area contributed by atoms with Crippen LogP contribution in [0, 0.1) is 5.92 Å². The van der Waals surface area contributed by atoms with Crippen LogP contribution in [-0.2, 0) is 22.4 Å². The van der Waals surface area contributed by atoms with E-state index in [1.807, 2.05) is 6.07 Å². The molecule has 41 heavy (non-hydrogen) atoms. The van der Waals surface area contributed by atoms with Crippen LogP contribution >= 0.6 is 50.6 Å². The van der Waals surface area contributed by atoms with Crippen LogP contribution in [0.4, 0.5) is 18.9 Å². The fraction of sp³-hybridized carbons (Fsp3) is 0.179. The predicted octanol–water partition coefficient (Wildman–Crippen LogP) is 7.25. The number of rotatable bonds is 5. The summed E-state index contributed by atoms with van der Waals surface area (Å²) in [4.78, 5) is 43.9. The van der Waals surface area contributed by atoms with Gasteiger partial charge >= 0.3 is 11.0 Å². The molecule has 13 heteroatoms. The number of carbonyl (C=O) groups excluding carboxylic acids is 2. The third-order valence-electron chi connectivity index (χ3n) is 6.85. The van der Waals surface area contributed by atoms with E-state index in [0.717, 1.165) is 51.8 Å². The number of aromatic nitrogens is 1. The summed E-state index contributed by atoms with van der Waals surface area (Å²) in [6.07, 6.45) is -4.65. The van der Waals surface area contributed by atoms with Crippen LogP contribution in [-0.4, -0.2) is 22.0 Å². The fourth-order valence-electron chi connectivity index (χ4n) is 5.11. The highest BCUT2D eigenvalue weighted by atomic mass is 79.9. The minimum atomic E-state index is -4.65. The Morgan fingerprint density at radius 1 is 1.00 bits per heavy atom. The van der Waals surface area contributed by atoms with Crippen LogP contribution in [0.25, 0.3) is 0 Å². The number of fused-ring (bicyclic) bond motifs is 2. The van der Waals surface area contributed by atoms with Gasteiger partial charge in [-0.1, -0.05) is 68.8 Å². The molecular formula is C28H17BrClF3N2O4S2. The van der Waals surface area contributed by atoms with Gasteiger partial charge in [0.15, 0.2) is 0 Å². The number of imide groups is 1. The summed E-state index contributed by atoms with van der Waals surface area (Å²) in [6, 6.07) is 16.5. The number of halogens is 5. The van der Waals surface area contributed by atoms with Gasteiger partial charge in [-0.3, -0.25) is 14.4 Å². The average molecular weight is 682 g/mol. The zero-order valence-electron chi connectivity index (χ0n) is 20.6. The first-order valence-corrected chi connectivity index (χ1v) is 15.0. The molecule has 1 aromatic heterocycles. The monoisotopic (exact) mass is 680 g/mol. The lowest BCUT2D eigenvalue weighted by molar-refractivity contribution is -0.137. The number of thioether (sulfide) groups is 1. The van der Waals surface area contributed by atoms with Crippen molar-refractivity contribution in [3.05, 3.63) is 107 Å². The number of thiazole rings is 1. The quantitative estimate of drug-likeness (QED) is 0.225. The summed E-state index contributed by atoms with van der Waals surface area (Å²) in [5, 5.41) is 0.0133. The number of alkyl halides is 3. The van der Waals surface area contributed by atoms with Gasteiger partial charge in [-0.05, 0) is 54.1 Å². The molecular weight excluding hydrogens is 665 g/mol. The first-order chi connectivity index (χ1) is 19.5. The second-order valence-electron chi connectivity index (χ2n) is 9.41. The number of anilines is 1. The molecule has 0 bridgehead atoms. The van der Waals surface area contributed by atoms with E-state index >= 15 is 0 Å². The predicted molar refractivity (Wildman–Crippen MR) is 154 cm³/mol. The Kier molecular flexibility index (Phi) is 7.29. The van der Waals surface area contributed by atoms with Gasteiger partial charge in [0.1, 0.15) is 17.6 Å². The number of hydrogen-bond acceptors (Lipinski definition) is 6. The van der Waals surface area contributed by atoms with Crippen molar-refractivity contribution in [1.82, 2.24) is 4.98 Å². The largest absolute Gasteiger partial charge is 0.489 e. The van der Waals surface area contributed by atoms with Crippen molar-refractivity contribution in [3.63, 3.8) is 0 Å². The number of hydrogen-bond donors (Lipinski definition) is 1. The first-order valence-electron chi connectivity index (χ1n) is 12.1. The van der Waals surface area contributed by atoms with E-state index in [2.05, 4.69) is 20.9 Å². The molecule has 0 saturated carbocycles. The minimum Gasteiger partial charge on any atom is -0.489 e. The number of aromatic amines is 1. The molecule has 1 saturated heterocycles. The Hall–Kier alpha value is -3.06. The van der Waals surface area contributed by atoms with E-state index < -0.39 is 40.6 Å². The Morgan fingerprint density at radius 2 is 1.78 bits per heavy atom. The van der Waals surface area contributed by atoms with Crippen LogP contribution in [0.15, 0.2) is 81.0 Å². The first kappa shape index (κ1) is 28.1. The van der Waals surface area contributed by atoms with Crippen LogP contribution in [0.2, 0.25) is 5.02 Å². The van der Waals surface area contributed by atoms with Gasteiger partial charge in [0, 0.05) is 25.9 Å². The molecule has 0 radical (unpaired) electrons. The van der Waals surface area contributed by atoms with Crippen molar-refractivity contribution >= 4 is 68.1 Å². The number of ether oxygens (including phenoxy) is 1. The van der Waals surface area contributed by atoms with Crippen LogP contribution in [0.1, 0.15) is 27.5 Å². The minimum absolute atomic E-state index is 0.157. The Bertz CT molecular complexity index is 1760. The van der Waals surface area contributed by atoms with Crippen LogP contribution < -0.4 is 14.5 Å². The number of H-pyrrole nitrogens is 1. The highest BCUT2D eigenvalue weighted by molar-refractivity contribution is 9.10. The number of nitrogens with zero attached hydrogens (tertiary/aromatic N) is 1. The molecule has 4 aromatic rings. The molecule has 6 rings (SSSR count). The molecule has 3 atom stereocenters. The molecule has 3 aromatic carbocycles. The SMILES string of the molecule is O=C1[C@H]2[C@H](c3cc(Br)ccc3OCc3cccc(Cl)c3)c3sc(=O)[nH]c3S[C@H]2C(=O)N1c1cccc(C(F)(F)F)c1. The van der Waals surface area contributed by atoms with E-state index in [9.17, 15) is 27.6 Å². The Labute approximate surface area is 252 Å². The van der Waals surface area contributed by atoms with Crippen LogP contribution in [0.3, 0.4) is 0 Å². The van der Waals surface area contributed by atoms with Crippen molar-refractivity contribution < 1.29 is 27.5 Å². The Morgan fingerprint density at radius 3 is 2.54 bits per heavy atom. The summed E-state index contributed by atoms with van der Waals surface area (Å²) < 4.78 is 47.2. The summed E-state index contributed by atoms with van der Waals surface area (Å²) in [5.41, 5.74) is 0.229. The highest BCUT2D eigenvalue weighted by Crippen LogP contribution is 2.55. The van der Waals surface area contributed by atoms with Crippen molar-refractivity contribution in [2.45, 2.75) is 29.0 Å². The van der Waals surface area contributed by atoms with Crippen molar-refractivity contribution in [1.29, 1.82) is 0 Å². The molecule has 1 fully saturated rings. The molecule has 0 aliphatic carbocycles. The molecule has 2 amide bonds. The van der Waals surface area contributed by atoms with Gasteiger partial charge in [-0.25, -0.2) is 4.90 Å². The maximum atomic E-state index is 14.0. The van der Waals surface area contributed by atoms with E-state index in [4.69, 9.17) is 16.3 Å². The van der Waals surface area contributed by atoms with Gasteiger partial charge in [0.2, 0.25) is 11.8 Å². The van der Waals surface area contributed by atoms with Crippen molar-refractivity contribution in [3.8, 4) is 5.75 Å². The molecule has 210 valence electrons. The van der Waals surface area contributed by atoms with Gasteiger partial charge < -0.3 is 9.72 Å². The third-order valence-corrected chi connectivity index (χ3v) is 9.98. The molecule has 2 aliphatic rings. The number of nitrogens with one attached hydrogen (secondary N) is 1. The number of amides is 2. The molecule has 1 N–H and O–H groups in total. The van der Waals surface area contributed by atoms with Crippen molar-refractivity contribution in [2.24, 2.45) is 5.92 Å². The van der Waals surface area contributed by atoms with Crippen molar-refractivity contribution in [2.75, 3.05) is 4.90 Å². The summed E-state index contributed by atoms with van der Waals surface area (Å²) in [5.74, 6) is -2.65. The second-order valence-corrected chi connectivity index (χ2v) is 12.9. The lowest BCUT2D eigenvalue weighted by Gasteiger charge is -2.31. The standard InChI is InChI=1S/C28H17BrClF3N2O4S2/c29-15-7-8-19(39-12-13-3-1-5-16(30)9-13)18(11-15)20-21-23(40-24-22(20)41-27(38)34-24)26(37)35(25(21)36)17-6-2-4-14(10-17)28(31,32)33/h1-11,20-21,23H,12H2,(H,34,38)/t20-,21-,23+/m0/s1. The smallest absolute Gasteiger partial charge is 0.416 e. The molecule has 0 spiro atoms. The number of benzene rings is 3. The second kappa shape index (κ2) is 10.6. The third kappa shape index (κ3) is 5.22. The summed E-state index contributed by atoms with van der Waals surface area (Å²) >= 11 is 11.6. The molecule has 3 heterocycles. The summed E-state index contributed by atoms with van der Waals surface area (Å²) in [7, 11) is 0. The molecule has 0 unspecified atom stereocenters. The summed E-state index contributed by atoms with van der Waals surface area (Å²) in [6.45, 7) is 0.157. The number of carbonyl (C=O) groups is 2. The molecule has 2 aliphatic heterocycles. The maximum Gasteiger partial charge on any atom is 0.416 e. The molecule has 6 nitrogen and oxygen atoms in total. The van der Waals surface area contributed by atoms with E-state index in [1.165, 1.54) is 6.07 Å². The maximum absolute atomic E-state index is 14.0. The van der Waals surface area contributed by atoms with E-state index in [0.29, 0.717) is 30.7 Å². The van der Waals surface area contributed by atoms with E-state index in [-0.39, 0.29) is 17.2 Å². The van der Waals surface area contributed by atoms with Gasteiger partial charge in [-0.15, -0.1) is 0 Å². The topological polar surface area (TPSA) is 79.5 Å². The fourth-order valence-corrected chi connectivity index (χ4v) is 8.21.